The minimum Gasteiger partial charge on any atom is -0.317 e. The third kappa shape index (κ3) is 11.7. The molecule has 7 aromatic carbocycles. The SMILES string of the molecule is [B]C/C(=C([B])\C([B])=C(\[B])C#C)N(/C(C#C)=C(/C=C(\C)c1c([B])c([B])c([B])c([B])c1[B])C(=C)/C([B])=C(/[B])C([B])=C([B])[B])c1ccc2ccc3c(N(C4=C(c5c([B])c([B])c([B])c([B])c5[B])C=C(c5c([B])c([B])c([B])c([B])c5[B])C4)C4=C([B])C([B])=C([B])C4[B])ccc4ccc1c2c43. The van der Waals surface area contributed by atoms with Crippen LogP contribution in [0.4, 0.5) is 11.4 Å². The molecule has 2 nitrogen and oxygen atoms in total. The van der Waals surface area contributed by atoms with Crippen LogP contribution in [0.25, 0.3) is 49.0 Å². The first-order valence-corrected chi connectivity index (χ1v) is 28.2. The average molecular weight is 1120 g/mol. The van der Waals surface area contributed by atoms with Gasteiger partial charge in [0, 0.05) is 45.4 Å². The van der Waals surface area contributed by atoms with Crippen molar-refractivity contribution in [2.24, 2.45) is 0 Å². The van der Waals surface area contributed by atoms with Crippen LogP contribution in [-0.2, 0) is 0 Å². The van der Waals surface area contributed by atoms with Crippen LogP contribution in [0.5, 0.6) is 0 Å². The number of hydrogen-bond donors (Lipinski definition) is 0. The zero-order chi connectivity index (χ0) is 69.6. The van der Waals surface area contributed by atoms with Gasteiger partial charge in [0.15, 0.2) is 0 Å². The maximum Gasteiger partial charge on any atom is 0.125 e. The highest BCUT2D eigenvalue weighted by Crippen LogP contribution is 2.51. The number of terminal acetylenes is 2. The van der Waals surface area contributed by atoms with E-state index in [4.69, 9.17) is 233 Å². The number of nitrogens with zero attached hydrogens (tertiary/aromatic N) is 2. The second kappa shape index (κ2) is 27.4. The fourth-order valence-electron chi connectivity index (χ4n) is 11.9. The molecule has 7 aromatic rings. The molecular formula is C64H22B28N2. The van der Waals surface area contributed by atoms with Crippen molar-refractivity contribution in [1.82, 2.24) is 0 Å². The van der Waals surface area contributed by atoms with Gasteiger partial charge in [-0.2, -0.15) is 5.37 Å². The molecule has 9 rings (SSSR count). The Morgan fingerprint density at radius 3 is 1.43 bits per heavy atom. The van der Waals surface area contributed by atoms with E-state index in [0.29, 0.717) is 60.7 Å². The van der Waals surface area contributed by atoms with Gasteiger partial charge in [-0.05, 0) is 98.3 Å². The first kappa shape index (κ1) is 71.5. The number of hydrogen-bond acceptors (Lipinski definition) is 2. The largest absolute Gasteiger partial charge is 0.317 e. The van der Waals surface area contributed by atoms with Gasteiger partial charge < -0.3 is 9.80 Å². The third-order valence-electron chi connectivity index (χ3n) is 17.2. The van der Waals surface area contributed by atoms with Gasteiger partial charge in [0.05, 0.1) is 42.8 Å². The van der Waals surface area contributed by atoms with Crippen molar-refractivity contribution in [3.63, 3.8) is 0 Å². The van der Waals surface area contributed by atoms with Gasteiger partial charge in [0.25, 0.3) is 0 Å². The highest BCUT2D eigenvalue weighted by molar-refractivity contribution is 6.71. The molecule has 94 heavy (non-hydrogen) atoms. The summed E-state index contributed by atoms with van der Waals surface area (Å²) in [5.41, 5.74) is 1.09. The predicted octanol–water partition coefficient (Wildman–Crippen LogP) is -8.18. The van der Waals surface area contributed by atoms with Gasteiger partial charge in [-0.25, -0.2) is 0 Å². The van der Waals surface area contributed by atoms with Crippen LogP contribution < -0.4 is 91.7 Å². The van der Waals surface area contributed by atoms with E-state index in [1.165, 1.54) is 0 Å². The van der Waals surface area contributed by atoms with Gasteiger partial charge >= 0.3 is 0 Å². The Balaban J connectivity index is 1.45. The number of benzene rings is 7. The Kier molecular flexibility index (Phi) is 20.9. The van der Waals surface area contributed by atoms with E-state index >= 15 is 0 Å². The molecule has 56 radical (unpaired) electrons. The number of rotatable bonds is 15. The van der Waals surface area contributed by atoms with Crippen LogP contribution in [-0.4, -0.2) is 220 Å². The maximum absolute atomic E-state index is 7.14. The molecule has 0 saturated carbocycles. The summed E-state index contributed by atoms with van der Waals surface area (Å²) in [6.45, 7) is 6.03. The molecule has 0 N–H and O–H groups in total. The molecule has 1 atom stereocenters. The summed E-state index contributed by atoms with van der Waals surface area (Å²) in [7, 11) is 185. The average Bonchev–Trinajstić information content (AvgIpc) is 1.14. The number of anilines is 2. The second-order valence-corrected chi connectivity index (χ2v) is 22.4. The maximum atomic E-state index is 7.14. The molecule has 0 saturated heterocycles. The van der Waals surface area contributed by atoms with E-state index in [0.717, 1.165) is 5.39 Å². The van der Waals surface area contributed by atoms with E-state index in [1.54, 1.807) is 34.9 Å². The second-order valence-electron chi connectivity index (χ2n) is 22.4. The third-order valence-corrected chi connectivity index (χ3v) is 17.2. The minimum absolute atomic E-state index is 0.0138. The van der Waals surface area contributed by atoms with E-state index in [9.17, 15) is 0 Å². The topological polar surface area (TPSA) is 6.48 Å². The Morgan fingerprint density at radius 2 is 0.979 bits per heavy atom. The monoisotopic (exact) mass is 1130 g/mol. The Morgan fingerprint density at radius 1 is 0.532 bits per heavy atom. The molecule has 0 aliphatic heterocycles. The normalized spacial score (nSPS) is 15.4. The Hall–Kier alpha value is -6.74. The smallest absolute Gasteiger partial charge is 0.125 e. The predicted molar refractivity (Wildman–Crippen MR) is 428 cm³/mol. The Bertz CT molecular complexity index is 4910. The molecular weight excluding hydrogens is 1100 g/mol. The summed E-state index contributed by atoms with van der Waals surface area (Å²) in [5, 5.41) is 3.43. The Labute approximate surface area is 590 Å². The molecule has 0 bridgehead atoms. The number of allylic oxidation sites excluding steroid dienone is 18. The first-order chi connectivity index (χ1) is 44.1. The molecule has 0 aromatic heterocycles. The van der Waals surface area contributed by atoms with Crippen molar-refractivity contribution in [3.8, 4) is 24.7 Å². The molecule has 0 amide bonds. The minimum atomic E-state index is -1.15. The summed E-state index contributed by atoms with van der Waals surface area (Å²) >= 11 is 0. The lowest BCUT2D eigenvalue weighted by Gasteiger charge is -2.36. The summed E-state index contributed by atoms with van der Waals surface area (Å²) < 4.78 is 0. The standard InChI is InChI=1S/C64H22B28N2/c1-5-28(66)40(68)41(69)33(18-65)93(29(6-2)26(20(4)39(67)48(76)62(90)64(91)92)15-19(3)34-42(70)49(77)55(83)50(78)43(34)71)30-13-9-21-8-12-25-31(14-10-22-7-11-24(30)35(21)36(22)25)94(63-60(88)58(86)59(87)61(63)89)32-17-23(37-44(72)51(79)56(84)52(80)45(37)73)16-27(32)38-46(74)53(81)57(85)54(82)47(38)75/h1-2,7-16,60H,4,17-18H2,3H3/b19-15+,29-26-,40-28-,41-33-,48-39-. The van der Waals surface area contributed by atoms with Gasteiger partial charge in [0.2, 0.25) is 0 Å². The van der Waals surface area contributed by atoms with Gasteiger partial charge in [-0.3, -0.25) is 0 Å². The van der Waals surface area contributed by atoms with Crippen molar-refractivity contribution in [1.29, 1.82) is 0 Å². The van der Waals surface area contributed by atoms with E-state index in [-0.39, 0.29) is 188 Å². The van der Waals surface area contributed by atoms with Crippen molar-refractivity contribution in [2.75, 3.05) is 9.80 Å². The van der Waals surface area contributed by atoms with Crippen LogP contribution in [0.2, 0.25) is 12.1 Å². The summed E-state index contributed by atoms with van der Waals surface area (Å²) in [5.74, 6) is 4.01. The lowest BCUT2D eigenvalue weighted by Crippen LogP contribution is -2.56. The molecule has 0 spiro atoms. The summed E-state index contributed by atoms with van der Waals surface area (Å²) in [4.78, 5) is 3.37. The fourth-order valence-corrected chi connectivity index (χ4v) is 11.9. The quantitative estimate of drug-likeness (QED) is 0.0437. The molecule has 2 aliphatic rings. The van der Waals surface area contributed by atoms with Crippen LogP contribution in [0, 0.1) is 24.7 Å². The fraction of sp³-hybridized carbons (Fsp3) is 0.0625. The zero-order valence-corrected chi connectivity index (χ0v) is 51.2. The molecule has 1 unspecified atom stereocenters. The zero-order valence-electron chi connectivity index (χ0n) is 51.2. The highest BCUT2D eigenvalue weighted by atomic mass is 15.2. The lowest BCUT2D eigenvalue weighted by molar-refractivity contribution is 0.998. The molecule has 0 fully saturated rings. The molecule has 0 heterocycles. The van der Waals surface area contributed by atoms with E-state index in [1.807, 2.05) is 42.5 Å². The van der Waals surface area contributed by atoms with Crippen LogP contribution in [0.3, 0.4) is 0 Å². The highest BCUT2D eigenvalue weighted by Gasteiger charge is 2.36. The van der Waals surface area contributed by atoms with Gasteiger partial charge in [-0.1, -0.05) is 109 Å². The van der Waals surface area contributed by atoms with E-state index in [2.05, 4.69) is 18.4 Å². The molecule has 372 valence electrons. The summed E-state index contributed by atoms with van der Waals surface area (Å²) in [6.07, 6.45) is 15.4. The van der Waals surface area contributed by atoms with Gasteiger partial charge in [0.1, 0.15) is 194 Å². The van der Waals surface area contributed by atoms with Crippen LogP contribution in [0.1, 0.15) is 30.0 Å². The van der Waals surface area contributed by atoms with Crippen LogP contribution in [0.15, 0.2) is 156 Å². The van der Waals surface area contributed by atoms with Crippen molar-refractivity contribution in [3.05, 3.63) is 173 Å². The lowest BCUT2D eigenvalue weighted by atomic mass is 9.59. The summed E-state index contributed by atoms with van der Waals surface area (Å²) in [6, 6.07) is 14.9. The molecule has 2 aliphatic carbocycles. The van der Waals surface area contributed by atoms with Gasteiger partial charge in [-0.15, -0.1) is 89.4 Å². The first-order valence-electron chi connectivity index (χ1n) is 28.2. The van der Waals surface area contributed by atoms with Crippen LogP contribution >= 0.6 is 0 Å². The van der Waals surface area contributed by atoms with Crippen molar-refractivity contribution in [2.45, 2.75) is 25.5 Å². The van der Waals surface area contributed by atoms with Crippen molar-refractivity contribution < 1.29 is 0 Å². The molecule has 30 heteroatoms. The van der Waals surface area contributed by atoms with E-state index < -0.39 is 12.1 Å². The van der Waals surface area contributed by atoms with Crippen molar-refractivity contribution >= 4 is 362 Å².